The van der Waals surface area contributed by atoms with Gasteiger partial charge in [0.25, 0.3) is 5.91 Å². The van der Waals surface area contributed by atoms with Crippen LogP contribution in [-0.4, -0.2) is 36.3 Å². The molecule has 0 spiro atoms. The van der Waals surface area contributed by atoms with Crippen LogP contribution in [-0.2, 0) is 27.2 Å². The van der Waals surface area contributed by atoms with Crippen LogP contribution in [0.1, 0.15) is 29.1 Å². The Labute approximate surface area is 181 Å². The molecule has 0 fully saturated rings. The number of hydrogen-bond acceptors (Lipinski definition) is 6. The number of thiazole rings is 1. The van der Waals surface area contributed by atoms with Crippen molar-refractivity contribution in [3.05, 3.63) is 49.9 Å². The maximum absolute atomic E-state index is 12.5. The molecule has 1 amide bonds. The van der Waals surface area contributed by atoms with Crippen molar-refractivity contribution in [1.82, 2.24) is 4.57 Å². The van der Waals surface area contributed by atoms with Crippen molar-refractivity contribution in [2.45, 2.75) is 26.8 Å². The molecule has 0 saturated heterocycles. The Hall–Kier alpha value is -2.00. The van der Waals surface area contributed by atoms with Crippen LogP contribution < -0.4 is 4.80 Å². The number of carbonyl (C=O) groups is 2. The van der Waals surface area contributed by atoms with Crippen LogP contribution in [0, 0.1) is 0 Å². The fourth-order valence-electron chi connectivity index (χ4n) is 2.76. The first-order chi connectivity index (χ1) is 14.0. The van der Waals surface area contributed by atoms with Gasteiger partial charge in [-0.2, -0.15) is 4.99 Å². The second-order valence-corrected chi connectivity index (χ2v) is 8.83. The Bertz CT molecular complexity index is 1080. The number of rotatable bonds is 8. The third kappa shape index (κ3) is 5.54. The first-order valence-electron chi connectivity index (χ1n) is 9.21. The molecule has 0 unspecified atom stereocenters. The lowest BCUT2D eigenvalue weighted by Crippen LogP contribution is -2.20. The molecule has 0 N–H and O–H groups in total. The molecule has 2 aromatic heterocycles. The number of aromatic nitrogens is 1. The Morgan fingerprint density at radius 1 is 1.14 bits per heavy atom. The Balaban J connectivity index is 1.97. The van der Waals surface area contributed by atoms with Gasteiger partial charge in [0.1, 0.15) is 0 Å². The average molecular weight is 453 g/mol. The first kappa shape index (κ1) is 21.7. The maximum atomic E-state index is 12.5. The summed E-state index contributed by atoms with van der Waals surface area (Å²) in [4.78, 5) is 30.3. The van der Waals surface area contributed by atoms with Crippen LogP contribution >= 0.6 is 34.3 Å². The standard InChI is InChI=1S/C20H21ClN2O4S2/c1-3-26-10-9-23-15-7-5-13(19(25)27-4-2)11-16(15)29-20(23)22-18(24)12-14-6-8-17(21)28-14/h5-8,11H,3-4,9-10,12H2,1-2H3. The molecule has 0 atom stereocenters. The topological polar surface area (TPSA) is 69.9 Å². The highest BCUT2D eigenvalue weighted by atomic mass is 35.5. The molecular formula is C20H21ClN2O4S2. The molecule has 0 saturated carbocycles. The molecule has 0 radical (unpaired) electrons. The van der Waals surface area contributed by atoms with Gasteiger partial charge in [0.05, 0.1) is 39.8 Å². The number of benzene rings is 1. The zero-order valence-electron chi connectivity index (χ0n) is 16.1. The van der Waals surface area contributed by atoms with Gasteiger partial charge in [0, 0.05) is 18.0 Å². The zero-order chi connectivity index (χ0) is 20.8. The van der Waals surface area contributed by atoms with E-state index in [4.69, 9.17) is 21.1 Å². The third-order valence-electron chi connectivity index (χ3n) is 4.03. The van der Waals surface area contributed by atoms with Crippen LogP contribution in [0.15, 0.2) is 35.3 Å². The van der Waals surface area contributed by atoms with E-state index in [-0.39, 0.29) is 18.3 Å². The molecule has 1 aromatic carbocycles. The zero-order valence-corrected chi connectivity index (χ0v) is 18.5. The highest BCUT2D eigenvalue weighted by Crippen LogP contribution is 2.22. The highest BCUT2D eigenvalue weighted by Gasteiger charge is 2.13. The van der Waals surface area contributed by atoms with E-state index in [1.165, 1.54) is 22.7 Å². The summed E-state index contributed by atoms with van der Waals surface area (Å²) in [6, 6.07) is 8.96. The van der Waals surface area contributed by atoms with Crippen molar-refractivity contribution in [3.63, 3.8) is 0 Å². The molecule has 3 rings (SSSR count). The molecule has 9 heteroatoms. The maximum Gasteiger partial charge on any atom is 0.338 e. The van der Waals surface area contributed by atoms with Crippen LogP contribution in [0.3, 0.4) is 0 Å². The van der Waals surface area contributed by atoms with Crippen molar-refractivity contribution in [1.29, 1.82) is 0 Å². The van der Waals surface area contributed by atoms with Crippen molar-refractivity contribution >= 4 is 56.4 Å². The minimum Gasteiger partial charge on any atom is -0.462 e. The van der Waals surface area contributed by atoms with Gasteiger partial charge in [0.15, 0.2) is 4.80 Å². The molecule has 0 aliphatic carbocycles. The quantitative estimate of drug-likeness (QED) is 0.377. The Morgan fingerprint density at radius 2 is 1.97 bits per heavy atom. The lowest BCUT2D eigenvalue weighted by molar-refractivity contribution is -0.117. The van der Waals surface area contributed by atoms with Crippen LogP contribution in [0.25, 0.3) is 10.2 Å². The van der Waals surface area contributed by atoms with E-state index in [0.717, 1.165) is 15.1 Å². The monoisotopic (exact) mass is 452 g/mol. The van der Waals surface area contributed by atoms with E-state index in [1.807, 2.05) is 23.6 Å². The summed E-state index contributed by atoms with van der Waals surface area (Å²) in [7, 11) is 0. The van der Waals surface area contributed by atoms with Crippen molar-refractivity contribution < 1.29 is 19.1 Å². The van der Waals surface area contributed by atoms with E-state index >= 15 is 0 Å². The average Bonchev–Trinajstić information content (AvgIpc) is 3.24. The Morgan fingerprint density at radius 3 is 2.66 bits per heavy atom. The van der Waals surface area contributed by atoms with E-state index in [9.17, 15) is 9.59 Å². The summed E-state index contributed by atoms with van der Waals surface area (Å²) in [5.41, 5.74) is 1.37. The number of amides is 1. The van der Waals surface area contributed by atoms with Crippen molar-refractivity contribution in [2.75, 3.05) is 19.8 Å². The van der Waals surface area contributed by atoms with E-state index in [0.29, 0.717) is 41.1 Å². The van der Waals surface area contributed by atoms with Gasteiger partial charge in [0.2, 0.25) is 0 Å². The van der Waals surface area contributed by atoms with Gasteiger partial charge in [-0.1, -0.05) is 22.9 Å². The fraction of sp³-hybridized carbons (Fsp3) is 0.350. The third-order valence-corrected chi connectivity index (χ3v) is 6.30. The van der Waals surface area contributed by atoms with Crippen LogP contribution in [0.2, 0.25) is 4.34 Å². The largest absolute Gasteiger partial charge is 0.462 e. The van der Waals surface area contributed by atoms with Gasteiger partial charge in [-0.25, -0.2) is 4.79 Å². The van der Waals surface area contributed by atoms with Crippen molar-refractivity contribution in [2.24, 2.45) is 4.99 Å². The molecule has 0 aliphatic heterocycles. The number of carbonyl (C=O) groups excluding carboxylic acids is 2. The molecule has 0 bridgehead atoms. The van der Waals surface area contributed by atoms with Crippen molar-refractivity contribution in [3.8, 4) is 0 Å². The van der Waals surface area contributed by atoms with E-state index in [1.54, 1.807) is 25.1 Å². The second kappa shape index (κ2) is 10.2. The lowest BCUT2D eigenvalue weighted by Gasteiger charge is -2.06. The predicted octanol–water partition coefficient (Wildman–Crippen LogP) is 4.30. The summed E-state index contributed by atoms with van der Waals surface area (Å²) in [5, 5.41) is 0. The lowest BCUT2D eigenvalue weighted by atomic mass is 10.2. The molecule has 0 aliphatic rings. The normalized spacial score (nSPS) is 11.9. The molecular weight excluding hydrogens is 432 g/mol. The minimum absolute atomic E-state index is 0.200. The van der Waals surface area contributed by atoms with Crippen LogP contribution in [0.5, 0.6) is 0 Å². The Kier molecular flexibility index (Phi) is 7.60. The summed E-state index contributed by atoms with van der Waals surface area (Å²) >= 11 is 8.68. The van der Waals surface area contributed by atoms with Gasteiger partial charge in [-0.3, -0.25) is 4.79 Å². The van der Waals surface area contributed by atoms with Gasteiger partial charge < -0.3 is 14.0 Å². The number of ether oxygens (including phenoxy) is 2. The summed E-state index contributed by atoms with van der Waals surface area (Å²) in [6.07, 6.45) is 0.200. The number of esters is 1. The molecule has 6 nitrogen and oxygen atoms in total. The van der Waals surface area contributed by atoms with Gasteiger partial charge in [-0.15, -0.1) is 11.3 Å². The first-order valence-corrected chi connectivity index (χ1v) is 11.2. The minimum atomic E-state index is -0.368. The van der Waals surface area contributed by atoms with E-state index < -0.39 is 0 Å². The second-order valence-electron chi connectivity index (χ2n) is 6.02. The summed E-state index contributed by atoms with van der Waals surface area (Å²) in [5.74, 6) is -0.612. The van der Waals surface area contributed by atoms with Gasteiger partial charge in [-0.05, 0) is 44.2 Å². The van der Waals surface area contributed by atoms with E-state index in [2.05, 4.69) is 4.99 Å². The highest BCUT2D eigenvalue weighted by molar-refractivity contribution is 7.16. The molecule has 154 valence electrons. The number of thiophene rings is 1. The van der Waals surface area contributed by atoms with Gasteiger partial charge >= 0.3 is 5.97 Å². The number of halogens is 1. The molecule has 2 heterocycles. The number of nitrogens with zero attached hydrogens (tertiary/aromatic N) is 2. The SMILES string of the molecule is CCOCCn1c(=NC(=O)Cc2ccc(Cl)s2)sc2cc(C(=O)OCC)ccc21. The molecule has 3 aromatic rings. The fourth-order valence-corrected chi connectivity index (χ4v) is 4.95. The smallest absolute Gasteiger partial charge is 0.338 e. The summed E-state index contributed by atoms with van der Waals surface area (Å²) < 4.78 is 14.0. The predicted molar refractivity (Wildman–Crippen MR) is 116 cm³/mol. The number of hydrogen-bond donors (Lipinski definition) is 0. The molecule has 29 heavy (non-hydrogen) atoms. The van der Waals surface area contributed by atoms with Crippen LogP contribution in [0.4, 0.5) is 0 Å². The number of fused-ring (bicyclic) bond motifs is 1. The summed E-state index contributed by atoms with van der Waals surface area (Å²) in [6.45, 7) is 5.70.